The molecule has 0 fully saturated rings. The van der Waals surface area contributed by atoms with Crippen molar-refractivity contribution in [2.24, 2.45) is 0 Å². The summed E-state index contributed by atoms with van der Waals surface area (Å²) in [5.74, 6) is -0.453. The average molecular weight is 361 g/mol. The molecule has 0 saturated heterocycles. The standard InChI is InChI=1S/C19H11Cl2FO2/c20-13-7-10-15(16(21)11-13)19(12-5-8-14(22)9-6-12)23-17-3-1-2-4-18(17)24-19/h1-11H. The van der Waals surface area contributed by atoms with E-state index in [-0.39, 0.29) is 5.82 Å². The van der Waals surface area contributed by atoms with Crippen molar-refractivity contribution in [2.45, 2.75) is 5.79 Å². The van der Waals surface area contributed by atoms with Crippen molar-refractivity contribution < 1.29 is 13.9 Å². The van der Waals surface area contributed by atoms with Crippen LogP contribution in [0.15, 0.2) is 66.7 Å². The number of ether oxygens (including phenoxy) is 2. The maximum absolute atomic E-state index is 13.4. The number of para-hydroxylation sites is 2. The zero-order valence-corrected chi connectivity index (χ0v) is 13.8. The number of halogens is 3. The normalized spacial score (nSPS) is 14.6. The van der Waals surface area contributed by atoms with E-state index in [2.05, 4.69) is 0 Å². The van der Waals surface area contributed by atoms with Gasteiger partial charge in [-0.05, 0) is 54.6 Å². The quantitative estimate of drug-likeness (QED) is 0.574. The fraction of sp³-hybridized carbons (Fsp3) is 0.0526. The van der Waals surface area contributed by atoms with Crippen LogP contribution in [0.4, 0.5) is 4.39 Å². The van der Waals surface area contributed by atoms with Gasteiger partial charge in [0, 0.05) is 10.6 Å². The van der Waals surface area contributed by atoms with Gasteiger partial charge in [-0.3, -0.25) is 0 Å². The van der Waals surface area contributed by atoms with Gasteiger partial charge in [0.2, 0.25) is 0 Å². The SMILES string of the molecule is Fc1ccc(C2(c3ccc(Cl)cc3Cl)Oc3ccccc3O2)cc1. The first-order valence-electron chi connectivity index (χ1n) is 7.27. The van der Waals surface area contributed by atoms with Crippen LogP contribution >= 0.6 is 23.2 Å². The van der Waals surface area contributed by atoms with Crippen molar-refractivity contribution in [1.82, 2.24) is 0 Å². The average Bonchev–Trinajstić information content (AvgIpc) is 2.95. The van der Waals surface area contributed by atoms with E-state index in [4.69, 9.17) is 32.7 Å². The molecule has 0 atom stereocenters. The third-order valence-electron chi connectivity index (χ3n) is 3.87. The van der Waals surface area contributed by atoms with E-state index in [1.807, 2.05) is 24.3 Å². The minimum Gasteiger partial charge on any atom is -0.440 e. The molecular weight excluding hydrogens is 350 g/mol. The highest BCUT2D eigenvalue weighted by atomic mass is 35.5. The van der Waals surface area contributed by atoms with Crippen molar-refractivity contribution in [3.05, 3.63) is 93.7 Å². The fourth-order valence-electron chi connectivity index (χ4n) is 2.76. The lowest BCUT2D eigenvalue weighted by molar-refractivity contribution is -0.0458. The van der Waals surface area contributed by atoms with Crippen molar-refractivity contribution in [1.29, 1.82) is 0 Å². The number of rotatable bonds is 2. The van der Waals surface area contributed by atoms with E-state index in [0.717, 1.165) is 0 Å². The Bertz CT molecular complexity index is 884. The van der Waals surface area contributed by atoms with Gasteiger partial charge in [0.1, 0.15) is 5.82 Å². The molecule has 120 valence electrons. The lowest BCUT2D eigenvalue weighted by Gasteiger charge is -2.29. The lowest BCUT2D eigenvalue weighted by atomic mass is 9.97. The lowest BCUT2D eigenvalue weighted by Crippen LogP contribution is -2.37. The first kappa shape index (κ1) is 15.3. The molecule has 2 nitrogen and oxygen atoms in total. The second kappa shape index (κ2) is 5.69. The first-order valence-corrected chi connectivity index (χ1v) is 8.03. The van der Waals surface area contributed by atoms with Crippen LogP contribution in [0.5, 0.6) is 11.5 Å². The first-order chi connectivity index (χ1) is 11.6. The largest absolute Gasteiger partial charge is 0.440 e. The Morgan fingerprint density at radius 3 is 2.00 bits per heavy atom. The molecule has 1 aliphatic rings. The highest BCUT2D eigenvalue weighted by Gasteiger charge is 2.46. The molecule has 0 bridgehead atoms. The number of fused-ring (bicyclic) bond motifs is 1. The summed E-state index contributed by atoms with van der Waals surface area (Å²) < 4.78 is 25.7. The van der Waals surface area contributed by atoms with Crippen LogP contribution in [-0.4, -0.2) is 0 Å². The van der Waals surface area contributed by atoms with Gasteiger partial charge in [0.15, 0.2) is 11.5 Å². The Morgan fingerprint density at radius 1 is 0.792 bits per heavy atom. The van der Waals surface area contributed by atoms with E-state index >= 15 is 0 Å². The maximum Gasteiger partial charge on any atom is 0.307 e. The molecule has 3 aromatic rings. The molecule has 1 heterocycles. The van der Waals surface area contributed by atoms with Crippen LogP contribution in [0.25, 0.3) is 0 Å². The minimum absolute atomic E-state index is 0.341. The summed E-state index contributed by atoms with van der Waals surface area (Å²) in [5, 5.41) is 0.910. The molecule has 0 aromatic heterocycles. The molecule has 5 heteroatoms. The summed E-state index contributed by atoms with van der Waals surface area (Å²) in [6.45, 7) is 0. The Labute approximate surface area is 148 Å². The Morgan fingerprint density at radius 2 is 1.42 bits per heavy atom. The maximum atomic E-state index is 13.4. The van der Waals surface area contributed by atoms with E-state index in [1.165, 1.54) is 12.1 Å². The molecule has 0 saturated carbocycles. The predicted octanol–water partition coefficient (Wildman–Crippen LogP) is 5.81. The summed E-state index contributed by atoms with van der Waals surface area (Å²) in [7, 11) is 0. The highest BCUT2D eigenvalue weighted by Crippen LogP contribution is 2.49. The van der Waals surface area contributed by atoms with E-state index < -0.39 is 5.79 Å². The topological polar surface area (TPSA) is 18.5 Å². The van der Waals surface area contributed by atoms with Crippen LogP contribution in [0, 0.1) is 5.82 Å². The van der Waals surface area contributed by atoms with Gasteiger partial charge in [0.05, 0.1) is 10.6 Å². The molecule has 1 aliphatic heterocycles. The highest BCUT2D eigenvalue weighted by molar-refractivity contribution is 6.35. The summed E-state index contributed by atoms with van der Waals surface area (Å²) >= 11 is 12.4. The summed E-state index contributed by atoms with van der Waals surface area (Å²) in [6, 6.07) is 18.4. The van der Waals surface area contributed by atoms with Crippen LogP contribution in [0.3, 0.4) is 0 Å². The Hall–Kier alpha value is -2.23. The van der Waals surface area contributed by atoms with Gasteiger partial charge in [-0.1, -0.05) is 35.3 Å². The number of hydrogen-bond donors (Lipinski definition) is 0. The molecule has 3 aromatic carbocycles. The number of hydrogen-bond acceptors (Lipinski definition) is 2. The molecule has 4 rings (SSSR count). The van der Waals surface area contributed by atoms with E-state index in [1.54, 1.807) is 30.3 Å². The summed E-state index contributed by atoms with van der Waals surface area (Å²) in [5.41, 5.74) is 1.22. The Balaban J connectivity index is 1.93. The smallest absolute Gasteiger partial charge is 0.307 e. The molecule has 0 spiro atoms. The van der Waals surface area contributed by atoms with Gasteiger partial charge in [-0.25, -0.2) is 4.39 Å². The third-order valence-corrected chi connectivity index (χ3v) is 4.41. The molecule has 0 N–H and O–H groups in total. The van der Waals surface area contributed by atoms with Gasteiger partial charge < -0.3 is 9.47 Å². The van der Waals surface area contributed by atoms with Crippen molar-refractivity contribution >= 4 is 23.2 Å². The fourth-order valence-corrected chi connectivity index (χ4v) is 3.29. The van der Waals surface area contributed by atoms with Crippen molar-refractivity contribution in [3.63, 3.8) is 0 Å². The zero-order chi connectivity index (χ0) is 16.7. The van der Waals surface area contributed by atoms with Gasteiger partial charge in [-0.2, -0.15) is 0 Å². The monoisotopic (exact) mass is 360 g/mol. The van der Waals surface area contributed by atoms with Gasteiger partial charge >= 0.3 is 5.79 Å². The molecule has 0 unspecified atom stereocenters. The summed E-state index contributed by atoms with van der Waals surface area (Å²) in [6.07, 6.45) is 0. The van der Waals surface area contributed by atoms with Crippen LogP contribution in [0.2, 0.25) is 10.0 Å². The van der Waals surface area contributed by atoms with Gasteiger partial charge in [0.25, 0.3) is 0 Å². The summed E-state index contributed by atoms with van der Waals surface area (Å²) in [4.78, 5) is 0. The number of benzene rings is 3. The molecule has 0 amide bonds. The molecule has 24 heavy (non-hydrogen) atoms. The third kappa shape index (κ3) is 2.41. The second-order valence-corrected chi connectivity index (χ2v) is 6.24. The van der Waals surface area contributed by atoms with E-state index in [9.17, 15) is 4.39 Å². The van der Waals surface area contributed by atoms with E-state index in [0.29, 0.717) is 32.7 Å². The zero-order valence-electron chi connectivity index (χ0n) is 12.3. The molecule has 0 radical (unpaired) electrons. The van der Waals surface area contributed by atoms with Gasteiger partial charge in [-0.15, -0.1) is 0 Å². The van der Waals surface area contributed by atoms with Crippen LogP contribution < -0.4 is 9.47 Å². The van der Waals surface area contributed by atoms with Crippen LogP contribution in [-0.2, 0) is 5.79 Å². The molecular formula is C19H11Cl2FO2. The Kier molecular flexibility index (Phi) is 3.63. The molecule has 0 aliphatic carbocycles. The van der Waals surface area contributed by atoms with Crippen LogP contribution in [0.1, 0.15) is 11.1 Å². The van der Waals surface area contributed by atoms with Crippen molar-refractivity contribution in [2.75, 3.05) is 0 Å². The predicted molar refractivity (Wildman–Crippen MR) is 91.3 cm³/mol. The minimum atomic E-state index is -1.29. The second-order valence-electron chi connectivity index (χ2n) is 5.40. The van der Waals surface area contributed by atoms with Crippen molar-refractivity contribution in [3.8, 4) is 11.5 Å².